The van der Waals surface area contributed by atoms with Crippen molar-refractivity contribution in [3.63, 3.8) is 0 Å². The molecule has 32 heavy (non-hydrogen) atoms. The summed E-state index contributed by atoms with van der Waals surface area (Å²) in [6.45, 7) is 9.42. The second-order valence-electron chi connectivity index (χ2n) is 8.91. The van der Waals surface area contributed by atoms with Gasteiger partial charge in [-0.15, -0.1) is 0 Å². The monoisotopic (exact) mass is 431 g/mol. The molecule has 5 heteroatoms. The first-order chi connectivity index (χ1) is 15.5. The van der Waals surface area contributed by atoms with Crippen LogP contribution in [0.15, 0.2) is 52.9 Å². The van der Waals surface area contributed by atoms with Gasteiger partial charge in [0.2, 0.25) is 11.8 Å². The highest BCUT2D eigenvalue weighted by Gasteiger charge is 2.26. The molecule has 0 saturated carbocycles. The molecule has 0 unspecified atom stereocenters. The number of aryl methyl sites for hydroxylation is 3. The fourth-order valence-electron chi connectivity index (χ4n) is 4.30. The number of likely N-dealkylation sites (tertiary alicyclic amines) is 1. The van der Waals surface area contributed by atoms with Gasteiger partial charge in [0.15, 0.2) is 0 Å². The zero-order valence-corrected chi connectivity index (χ0v) is 19.4. The minimum atomic E-state index is 0.102. The Kier molecular flexibility index (Phi) is 7.05. The molecular weight excluding hydrogens is 398 g/mol. The highest BCUT2D eigenvalue weighted by Crippen LogP contribution is 2.26. The lowest BCUT2D eigenvalue weighted by atomic mass is 9.95. The lowest BCUT2D eigenvalue weighted by molar-refractivity contribution is -0.126. The van der Waals surface area contributed by atoms with Gasteiger partial charge < -0.3 is 9.73 Å². The molecule has 1 aromatic heterocycles. The van der Waals surface area contributed by atoms with Crippen LogP contribution in [-0.4, -0.2) is 35.4 Å². The van der Waals surface area contributed by atoms with E-state index >= 15 is 0 Å². The Morgan fingerprint density at radius 3 is 2.50 bits per heavy atom. The number of carbonyl (C=O) groups excluding carboxylic acids is 1. The predicted octanol–water partition coefficient (Wildman–Crippen LogP) is 4.84. The maximum absolute atomic E-state index is 12.6. The van der Waals surface area contributed by atoms with Crippen LogP contribution in [0.1, 0.15) is 41.0 Å². The molecular formula is C27H33N3O2. The van der Waals surface area contributed by atoms with Crippen LogP contribution in [0, 0.1) is 26.7 Å². The average Bonchev–Trinajstić information content (AvgIpc) is 3.15. The zero-order valence-electron chi connectivity index (χ0n) is 19.4. The van der Waals surface area contributed by atoms with Crippen molar-refractivity contribution in [1.82, 2.24) is 15.2 Å². The molecule has 2 aromatic carbocycles. The van der Waals surface area contributed by atoms with E-state index in [4.69, 9.17) is 9.40 Å². The minimum Gasteiger partial charge on any atom is -0.441 e. The summed E-state index contributed by atoms with van der Waals surface area (Å²) in [4.78, 5) is 19.8. The third-order valence-electron chi connectivity index (χ3n) is 6.43. The minimum absolute atomic E-state index is 0.102. The van der Waals surface area contributed by atoms with E-state index in [0.717, 1.165) is 61.5 Å². The molecule has 1 amide bonds. The molecule has 1 fully saturated rings. The summed E-state index contributed by atoms with van der Waals surface area (Å²) in [5.74, 6) is 1.86. The molecule has 4 rings (SSSR count). The molecule has 0 atom stereocenters. The van der Waals surface area contributed by atoms with Crippen molar-refractivity contribution in [2.24, 2.45) is 5.92 Å². The Balaban J connectivity index is 1.25. The molecule has 0 radical (unpaired) electrons. The highest BCUT2D eigenvalue weighted by atomic mass is 16.4. The Labute approximate surface area is 190 Å². The summed E-state index contributed by atoms with van der Waals surface area (Å²) < 4.78 is 5.97. The van der Waals surface area contributed by atoms with Crippen molar-refractivity contribution in [2.75, 3.05) is 19.6 Å². The van der Waals surface area contributed by atoms with Gasteiger partial charge in [0.05, 0.1) is 5.69 Å². The van der Waals surface area contributed by atoms with E-state index in [1.54, 1.807) is 0 Å². The normalized spacial score (nSPS) is 15.1. The number of benzene rings is 2. The second kappa shape index (κ2) is 10.1. The van der Waals surface area contributed by atoms with E-state index < -0.39 is 0 Å². The molecule has 2 heterocycles. The number of rotatable bonds is 7. The summed E-state index contributed by atoms with van der Waals surface area (Å²) in [6, 6.07) is 16.7. The number of hydrogen-bond acceptors (Lipinski definition) is 4. The number of oxazole rings is 1. The van der Waals surface area contributed by atoms with Crippen molar-refractivity contribution in [1.29, 1.82) is 0 Å². The van der Waals surface area contributed by atoms with Crippen molar-refractivity contribution in [3.8, 4) is 11.5 Å². The van der Waals surface area contributed by atoms with Crippen LogP contribution >= 0.6 is 0 Å². The van der Waals surface area contributed by atoms with Crippen LogP contribution in [-0.2, 0) is 17.8 Å². The van der Waals surface area contributed by atoms with E-state index in [2.05, 4.69) is 54.4 Å². The van der Waals surface area contributed by atoms with E-state index in [1.165, 1.54) is 11.1 Å². The van der Waals surface area contributed by atoms with Crippen LogP contribution in [0.25, 0.3) is 11.5 Å². The lowest BCUT2D eigenvalue weighted by Crippen LogP contribution is -2.40. The van der Waals surface area contributed by atoms with Crippen LogP contribution in [0.4, 0.5) is 0 Å². The molecule has 0 bridgehead atoms. The summed E-state index contributed by atoms with van der Waals surface area (Å²) in [5, 5.41) is 3.13. The number of carbonyl (C=O) groups is 1. The number of aromatic nitrogens is 1. The fourth-order valence-corrected chi connectivity index (χ4v) is 4.30. The molecule has 1 saturated heterocycles. The molecule has 1 N–H and O–H groups in total. The van der Waals surface area contributed by atoms with Crippen molar-refractivity contribution < 1.29 is 9.21 Å². The lowest BCUT2D eigenvalue weighted by Gasteiger charge is -2.30. The number of amides is 1. The van der Waals surface area contributed by atoms with Crippen LogP contribution in [0.3, 0.4) is 0 Å². The van der Waals surface area contributed by atoms with E-state index in [9.17, 15) is 4.79 Å². The van der Waals surface area contributed by atoms with Crippen molar-refractivity contribution >= 4 is 5.91 Å². The second-order valence-corrected chi connectivity index (χ2v) is 8.91. The molecule has 3 aromatic rings. The molecule has 0 aliphatic carbocycles. The third kappa shape index (κ3) is 5.46. The van der Waals surface area contributed by atoms with Gasteiger partial charge in [-0.25, -0.2) is 4.98 Å². The summed E-state index contributed by atoms with van der Waals surface area (Å²) in [5.41, 5.74) is 5.72. The van der Waals surface area contributed by atoms with Crippen molar-refractivity contribution in [2.45, 2.75) is 46.6 Å². The predicted molar refractivity (Wildman–Crippen MR) is 127 cm³/mol. The molecule has 1 aliphatic heterocycles. The number of nitrogens with one attached hydrogen (secondary N) is 1. The fraction of sp³-hybridized carbons (Fsp3) is 0.407. The molecule has 5 nitrogen and oxygen atoms in total. The van der Waals surface area contributed by atoms with E-state index in [1.807, 2.05) is 25.1 Å². The van der Waals surface area contributed by atoms with Crippen molar-refractivity contribution in [3.05, 3.63) is 76.7 Å². The number of piperidine rings is 1. The summed E-state index contributed by atoms with van der Waals surface area (Å²) in [6.07, 6.45) is 2.65. The molecule has 1 aliphatic rings. The van der Waals surface area contributed by atoms with Gasteiger partial charge in [0, 0.05) is 24.6 Å². The highest BCUT2D eigenvalue weighted by molar-refractivity contribution is 5.78. The van der Waals surface area contributed by atoms with E-state index in [0.29, 0.717) is 12.4 Å². The standard InChI is InChI=1S/C27H33N3O2/c1-19-8-10-22(11-9-19)12-15-28-26(31)23-13-16-30(17-14-23)18-25-21(3)32-27(29-25)24-7-5-4-6-20(24)2/h4-11,23H,12-18H2,1-3H3,(H,28,31). The largest absolute Gasteiger partial charge is 0.441 e. The van der Waals surface area contributed by atoms with Gasteiger partial charge >= 0.3 is 0 Å². The van der Waals surface area contributed by atoms with Gasteiger partial charge in [-0.1, -0.05) is 48.0 Å². The summed E-state index contributed by atoms with van der Waals surface area (Å²) in [7, 11) is 0. The van der Waals surface area contributed by atoms with Crippen LogP contribution in [0.5, 0.6) is 0 Å². The first-order valence-corrected chi connectivity index (χ1v) is 11.6. The molecule has 168 valence electrons. The maximum atomic E-state index is 12.6. The average molecular weight is 432 g/mol. The van der Waals surface area contributed by atoms with Gasteiger partial charge in [-0.3, -0.25) is 9.69 Å². The summed E-state index contributed by atoms with van der Waals surface area (Å²) >= 11 is 0. The maximum Gasteiger partial charge on any atom is 0.226 e. The first kappa shape index (κ1) is 22.3. The SMILES string of the molecule is Cc1ccc(CCNC(=O)C2CCN(Cc3nc(-c4ccccc4C)oc3C)CC2)cc1. The number of hydrogen-bond donors (Lipinski definition) is 1. The molecule has 0 spiro atoms. The number of nitrogens with zero attached hydrogens (tertiary/aromatic N) is 2. The third-order valence-corrected chi connectivity index (χ3v) is 6.43. The first-order valence-electron chi connectivity index (χ1n) is 11.6. The Hall–Kier alpha value is -2.92. The topological polar surface area (TPSA) is 58.4 Å². The Morgan fingerprint density at radius 1 is 1.06 bits per heavy atom. The van der Waals surface area contributed by atoms with Gasteiger partial charge in [-0.05, 0) is 70.3 Å². The smallest absolute Gasteiger partial charge is 0.226 e. The Bertz CT molecular complexity index is 1050. The zero-order chi connectivity index (χ0) is 22.5. The van der Waals surface area contributed by atoms with Crippen LogP contribution in [0.2, 0.25) is 0 Å². The Morgan fingerprint density at radius 2 is 1.78 bits per heavy atom. The van der Waals surface area contributed by atoms with E-state index in [-0.39, 0.29) is 11.8 Å². The van der Waals surface area contributed by atoms with Gasteiger partial charge in [0.1, 0.15) is 5.76 Å². The van der Waals surface area contributed by atoms with Gasteiger partial charge in [-0.2, -0.15) is 0 Å². The quantitative estimate of drug-likeness (QED) is 0.582. The van der Waals surface area contributed by atoms with Crippen LogP contribution < -0.4 is 5.32 Å². The van der Waals surface area contributed by atoms with Gasteiger partial charge in [0.25, 0.3) is 0 Å².